The van der Waals surface area contributed by atoms with Gasteiger partial charge in [0.1, 0.15) is 11.5 Å². The van der Waals surface area contributed by atoms with Crippen LogP contribution in [0.15, 0.2) is 78.9 Å². The van der Waals surface area contributed by atoms with Crippen molar-refractivity contribution >= 4 is 17.3 Å². The van der Waals surface area contributed by atoms with Gasteiger partial charge in [-0.05, 0) is 99.2 Å². The second-order valence-electron chi connectivity index (χ2n) is 8.61. The number of nitrogens with zero attached hydrogens (tertiary/aromatic N) is 1. The van der Waals surface area contributed by atoms with E-state index in [0.717, 1.165) is 80.1 Å². The lowest BCUT2D eigenvalue weighted by Gasteiger charge is -2.23. The van der Waals surface area contributed by atoms with E-state index in [0.29, 0.717) is 13.2 Å². The Bertz CT molecular complexity index is 934. The van der Waals surface area contributed by atoms with E-state index >= 15 is 0 Å². The first-order chi connectivity index (χ1) is 17.1. The summed E-state index contributed by atoms with van der Waals surface area (Å²) in [6.45, 7) is 2.81. The molecule has 0 spiro atoms. The molecule has 0 atom stereocenters. The average molecular weight is 476 g/mol. The first kappa shape index (κ1) is 25.9. The SMILES string of the molecule is Nc1ccc(OCCCCCN(CCCCCOc2ccc(N)cc2)C(=O)c2ccccc2)cc1. The van der Waals surface area contributed by atoms with E-state index in [1.165, 1.54) is 0 Å². The molecule has 3 aromatic rings. The van der Waals surface area contributed by atoms with Gasteiger partial charge in [0.05, 0.1) is 13.2 Å². The highest BCUT2D eigenvalue weighted by atomic mass is 16.5. The van der Waals surface area contributed by atoms with Crippen molar-refractivity contribution in [2.45, 2.75) is 38.5 Å². The van der Waals surface area contributed by atoms with Crippen molar-refractivity contribution in [1.29, 1.82) is 0 Å². The number of nitrogens with two attached hydrogens (primary N) is 2. The molecule has 3 aromatic carbocycles. The molecule has 6 nitrogen and oxygen atoms in total. The van der Waals surface area contributed by atoms with E-state index < -0.39 is 0 Å². The van der Waals surface area contributed by atoms with Crippen LogP contribution in [-0.4, -0.2) is 37.1 Å². The topological polar surface area (TPSA) is 90.8 Å². The van der Waals surface area contributed by atoms with E-state index in [1.54, 1.807) is 0 Å². The van der Waals surface area contributed by atoms with Crippen molar-refractivity contribution in [1.82, 2.24) is 4.90 Å². The molecule has 0 bridgehead atoms. The summed E-state index contributed by atoms with van der Waals surface area (Å²) in [5.74, 6) is 1.77. The van der Waals surface area contributed by atoms with Crippen LogP contribution in [0.5, 0.6) is 11.5 Å². The number of anilines is 2. The van der Waals surface area contributed by atoms with Gasteiger partial charge in [0, 0.05) is 30.0 Å². The van der Waals surface area contributed by atoms with Crippen LogP contribution in [0, 0.1) is 0 Å². The molecule has 0 aromatic heterocycles. The summed E-state index contributed by atoms with van der Waals surface area (Å²) in [5.41, 5.74) is 13.6. The van der Waals surface area contributed by atoms with Gasteiger partial charge in [-0.1, -0.05) is 18.2 Å². The molecule has 6 heteroatoms. The molecule has 0 saturated heterocycles. The fourth-order valence-electron chi connectivity index (χ4n) is 3.75. The Hall–Kier alpha value is -3.67. The van der Waals surface area contributed by atoms with Crippen molar-refractivity contribution in [2.75, 3.05) is 37.8 Å². The Morgan fingerprint density at radius 2 is 1.06 bits per heavy atom. The van der Waals surface area contributed by atoms with Gasteiger partial charge in [0.25, 0.3) is 5.91 Å². The lowest BCUT2D eigenvalue weighted by molar-refractivity contribution is 0.0748. The number of unbranched alkanes of at least 4 members (excludes halogenated alkanes) is 4. The second-order valence-corrected chi connectivity index (χ2v) is 8.61. The summed E-state index contributed by atoms with van der Waals surface area (Å²) in [5, 5.41) is 0. The van der Waals surface area contributed by atoms with Crippen LogP contribution in [0.2, 0.25) is 0 Å². The van der Waals surface area contributed by atoms with Crippen LogP contribution < -0.4 is 20.9 Å². The summed E-state index contributed by atoms with van der Waals surface area (Å²) in [7, 11) is 0. The van der Waals surface area contributed by atoms with E-state index in [2.05, 4.69) is 0 Å². The van der Waals surface area contributed by atoms with Gasteiger partial charge in [-0.15, -0.1) is 0 Å². The highest BCUT2D eigenvalue weighted by Crippen LogP contribution is 2.15. The Morgan fingerprint density at radius 3 is 1.51 bits per heavy atom. The van der Waals surface area contributed by atoms with Gasteiger partial charge >= 0.3 is 0 Å². The smallest absolute Gasteiger partial charge is 0.253 e. The molecule has 0 fully saturated rings. The van der Waals surface area contributed by atoms with E-state index in [4.69, 9.17) is 20.9 Å². The number of nitrogen functional groups attached to an aromatic ring is 2. The molecule has 0 aliphatic carbocycles. The molecule has 0 heterocycles. The molecule has 4 N–H and O–H groups in total. The first-order valence-corrected chi connectivity index (χ1v) is 12.4. The molecule has 0 aliphatic heterocycles. The molecular formula is C29H37N3O3. The Morgan fingerprint density at radius 1 is 0.600 bits per heavy atom. The number of carbonyl (C=O) groups is 1. The number of hydrogen-bond donors (Lipinski definition) is 2. The molecule has 0 radical (unpaired) electrons. The molecule has 0 aliphatic rings. The average Bonchev–Trinajstić information content (AvgIpc) is 2.89. The number of benzene rings is 3. The van der Waals surface area contributed by atoms with Crippen LogP contribution in [0.4, 0.5) is 11.4 Å². The highest BCUT2D eigenvalue weighted by Gasteiger charge is 2.14. The zero-order valence-corrected chi connectivity index (χ0v) is 20.4. The lowest BCUT2D eigenvalue weighted by Crippen LogP contribution is -2.33. The maximum atomic E-state index is 13.1. The molecule has 0 saturated carbocycles. The quantitative estimate of drug-likeness (QED) is 0.214. The standard InChI is InChI=1S/C29H37N3O3/c30-25-12-16-27(17-13-25)34-22-8-2-6-20-32(29(33)24-10-4-1-5-11-24)21-7-3-9-23-35-28-18-14-26(31)15-19-28/h1,4-5,10-19H,2-3,6-9,20-23,30-31H2. The van der Waals surface area contributed by atoms with Crippen molar-refractivity contribution in [3.05, 3.63) is 84.4 Å². The lowest BCUT2D eigenvalue weighted by atomic mass is 10.1. The van der Waals surface area contributed by atoms with Crippen LogP contribution in [0.25, 0.3) is 0 Å². The number of amides is 1. The van der Waals surface area contributed by atoms with E-state index in [9.17, 15) is 4.79 Å². The molecular weight excluding hydrogens is 438 g/mol. The monoisotopic (exact) mass is 475 g/mol. The maximum absolute atomic E-state index is 13.1. The third kappa shape index (κ3) is 9.61. The minimum atomic E-state index is 0.0989. The predicted molar refractivity (Wildman–Crippen MR) is 143 cm³/mol. The van der Waals surface area contributed by atoms with E-state index in [-0.39, 0.29) is 5.91 Å². The van der Waals surface area contributed by atoms with Gasteiger partial charge in [-0.3, -0.25) is 4.79 Å². The minimum Gasteiger partial charge on any atom is -0.494 e. The van der Waals surface area contributed by atoms with Crippen molar-refractivity contribution in [3.8, 4) is 11.5 Å². The fraction of sp³-hybridized carbons (Fsp3) is 0.345. The molecule has 3 rings (SSSR count). The number of hydrogen-bond acceptors (Lipinski definition) is 5. The minimum absolute atomic E-state index is 0.0989. The van der Waals surface area contributed by atoms with Crippen LogP contribution in [0.1, 0.15) is 48.9 Å². The summed E-state index contributed by atoms with van der Waals surface area (Å²) in [6.07, 6.45) is 5.79. The van der Waals surface area contributed by atoms with Crippen molar-refractivity contribution in [2.24, 2.45) is 0 Å². The number of ether oxygens (including phenoxy) is 2. The van der Waals surface area contributed by atoms with Crippen LogP contribution in [0.3, 0.4) is 0 Å². The van der Waals surface area contributed by atoms with Crippen LogP contribution in [-0.2, 0) is 0 Å². The summed E-state index contributed by atoms with van der Waals surface area (Å²) in [4.78, 5) is 15.0. The number of rotatable bonds is 15. The van der Waals surface area contributed by atoms with Gasteiger partial charge < -0.3 is 25.8 Å². The van der Waals surface area contributed by atoms with Gasteiger partial charge in [0.15, 0.2) is 0 Å². The molecule has 186 valence electrons. The summed E-state index contributed by atoms with van der Waals surface area (Å²) < 4.78 is 11.5. The van der Waals surface area contributed by atoms with Crippen molar-refractivity contribution < 1.29 is 14.3 Å². The Balaban J connectivity index is 1.36. The highest BCUT2D eigenvalue weighted by molar-refractivity contribution is 5.94. The summed E-state index contributed by atoms with van der Waals surface area (Å²) in [6, 6.07) is 24.4. The Kier molecular flexibility index (Phi) is 10.8. The number of carbonyl (C=O) groups excluding carboxylic acids is 1. The van der Waals surface area contributed by atoms with Gasteiger partial charge in [-0.2, -0.15) is 0 Å². The first-order valence-electron chi connectivity index (χ1n) is 12.4. The van der Waals surface area contributed by atoms with Gasteiger partial charge in [0.2, 0.25) is 0 Å². The zero-order valence-electron chi connectivity index (χ0n) is 20.4. The molecule has 1 amide bonds. The van der Waals surface area contributed by atoms with Crippen LogP contribution >= 0.6 is 0 Å². The largest absolute Gasteiger partial charge is 0.494 e. The maximum Gasteiger partial charge on any atom is 0.253 e. The molecule has 0 unspecified atom stereocenters. The fourth-order valence-corrected chi connectivity index (χ4v) is 3.75. The normalized spacial score (nSPS) is 10.6. The predicted octanol–water partition coefficient (Wildman–Crippen LogP) is 5.79. The van der Waals surface area contributed by atoms with Crippen molar-refractivity contribution in [3.63, 3.8) is 0 Å². The van der Waals surface area contributed by atoms with Gasteiger partial charge in [-0.25, -0.2) is 0 Å². The Labute approximate surface area is 208 Å². The molecule has 35 heavy (non-hydrogen) atoms. The third-order valence-electron chi connectivity index (χ3n) is 5.75. The second kappa shape index (κ2) is 14.6. The van der Waals surface area contributed by atoms with E-state index in [1.807, 2.05) is 83.8 Å². The zero-order chi connectivity index (χ0) is 24.7. The summed E-state index contributed by atoms with van der Waals surface area (Å²) >= 11 is 0. The third-order valence-corrected chi connectivity index (χ3v) is 5.75.